The van der Waals surface area contributed by atoms with Gasteiger partial charge in [0.05, 0.1) is 17.6 Å². The molecule has 0 aliphatic heterocycles. The number of nitrogen functional groups attached to an aromatic ring is 1. The number of ether oxygens (including phenoxy) is 2. The Labute approximate surface area is 139 Å². The van der Waals surface area contributed by atoms with Crippen molar-refractivity contribution in [2.24, 2.45) is 10.7 Å². The summed E-state index contributed by atoms with van der Waals surface area (Å²) in [7, 11) is 0. The van der Waals surface area contributed by atoms with Crippen LogP contribution in [0.5, 0.6) is 11.5 Å². The number of nitrogens with two attached hydrogens (primary N) is 2. The lowest BCUT2D eigenvalue weighted by molar-refractivity contribution is 0.404. The fourth-order valence-electron chi connectivity index (χ4n) is 1.81. The summed E-state index contributed by atoms with van der Waals surface area (Å²) in [6.07, 6.45) is 2.52. The van der Waals surface area contributed by atoms with E-state index in [1.54, 1.807) is 48.5 Å². The molecular weight excluding hydrogens is 304 g/mol. The molecule has 2 aromatic rings. The minimum Gasteiger partial charge on any atom is -0.456 e. The van der Waals surface area contributed by atoms with Gasteiger partial charge in [-0.2, -0.15) is 5.26 Å². The molecule has 4 N–H and O–H groups in total. The first-order valence-electron chi connectivity index (χ1n) is 6.98. The van der Waals surface area contributed by atoms with Crippen molar-refractivity contribution >= 4 is 12.0 Å². The van der Waals surface area contributed by atoms with E-state index in [-0.39, 0.29) is 11.6 Å². The van der Waals surface area contributed by atoms with Crippen LogP contribution in [0.25, 0.3) is 0 Å². The Balaban J connectivity index is 2.20. The Morgan fingerprint density at radius 2 is 1.75 bits per heavy atom. The van der Waals surface area contributed by atoms with Crippen LogP contribution >= 0.6 is 0 Å². The second-order valence-corrected chi connectivity index (χ2v) is 4.58. The summed E-state index contributed by atoms with van der Waals surface area (Å²) in [6.45, 7) is 3.78. The number of anilines is 1. The highest BCUT2D eigenvalue weighted by Crippen LogP contribution is 2.24. The van der Waals surface area contributed by atoms with Gasteiger partial charge in [-0.25, -0.2) is 4.99 Å². The normalized spacial score (nSPS) is 11.0. The first-order chi connectivity index (χ1) is 11.6. The zero-order valence-electron chi connectivity index (χ0n) is 12.8. The van der Waals surface area contributed by atoms with E-state index in [4.69, 9.17) is 26.2 Å². The topological polar surface area (TPSA) is 107 Å². The molecule has 0 aliphatic rings. The van der Waals surface area contributed by atoms with Gasteiger partial charge in [-0.15, -0.1) is 0 Å². The molecule has 2 aromatic carbocycles. The molecule has 0 amide bonds. The number of benzene rings is 2. The van der Waals surface area contributed by atoms with Gasteiger partial charge in [0.15, 0.2) is 0 Å². The first-order valence-corrected chi connectivity index (χ1v) is 6.98. The lowest BCUT2D eigenvalue weighted by Gasteiger charge is -2.10. The Hall–Kier alpha value is -3.72. The quantitative estimate of drug-likeness (QED) is 0.280. The van der Waals surface area contributed by atoms with Gasteiger partial charge in [-0.05, 0) is 24.3 Å². The number of nitriles is 1. The molecule has 6 heteroatoms. The standard InChI is InChI=1S/C18H16N4O2/c1-13(23-17-9-5-3-7-15(17)21)10-18(22-12-20)24-16-8-4-2-6-14(16)11-19/h2-10,12H,1,21H2,(H2,20,22)/b18-10+. The van der Waals surface area contributed by atoms with Gasteiger partial charge in [-0.3, -0.25) is 0 Å². The Kier molecular flexibility index (Phi) is 5.59. The van der Waals surface area contributed by atoms with Gasteiger partial charge in [0, 0.05) is 6.08 Å². The van der Waals surface area contributed by atoms with Crippen LogP contribution in [0.4, 0.5) is 5.69 Å². The second-order valence-electron chi connectivity index (χ2n) is 4.58. The number of nitrogens with zero attached hydrogens (tertiary/aromatic N) is 2. The van der Waals surface area contributed by atoms with Crippen molar-refractivity contribution < 1.29 is 9.47 Å². The van der Waals surface area contributed by atoms with Crippen molar-refractivity contribution in [2.75, 3.05) is 5.73 Å². The summed E-state index contributed by atoms with van der Waals surface area (Å²) in [5.41, 5.74) is 12.0. The Bertz CT molecular complexity index is 835. The smallest absolute Gasteiger partial charge is 0.224 e. The van der Waals surface area contributed by atoms with Gasteiger partial charge < -0.3 is 20.9 Å². The molecule has 0 atom stereocenters. The summed E-state index contributed by atoms with van der Waals surface area (Å²) in [5, 5.41) is 9.10. The summed E-state index contributed by atoms with van der Waals surface area (Å²) in [6, 6.07) is 15.8. The summed E-state index contributed by atoms with van der Waals surface area (Å²) in [5.74, 6) is 1.19. The van der Waals surface area contributed by atoms with Crippen LogP contribution in [0.15, 0.2) is 77.8 Å². The lowest BCUT2D eigenvalue weighted by atomic mass is 10.2. The predicted octanol–water partition coefficient (Wildman–Crippen LogP) is 2.94. The molecule has 0 heterocycles. The van der Waals surface area contributed by atoms with Crippen molar-refractivity contribution in [1.82, 2.24) is 0 Å². The molecule has 120 valence electrons. The number of allylic oxidation sites excluding steroid dienone is 1. The molecule has 0 saturated carbocycles. The van der Waals surface area contributed by atoms with Crippen molar-refractivity contribution in [2.45, 2.75) is 0 Å². The zero-order valence-corrected chi connectivity index (χ0v) is 12.8. The van der Waals surface area contributed by atoms with Gasteiger partial charge in [0.2, 0.25) is 5.88 Å². The van der Waals surface area contributed by atoms with E-state index in [1.165, 1.54) is 6.08 Å². The summed E-state index contributed by atoms with van der Waals surface area (Å²) in [4.78, 5) is 3.91. The van der Waals surface area contributed by atoms with Gasteiger partial charge in [-0.1, -0.05) is 30.8 Å². The third-order valence-electron chi connectivity index (χ3n) is 2.87. The van der Waals surface area contributed by atoms with Crippen LogP contribution in [0.1, 0.15) is 5.56 Å². The lowest BCUT2D eigenvalue weighted by Crippen LogP contribution is -2.01. The fourth-order valence-corrected chi connectivity index (χ4v) is 1.81. The molecule has 2 rings (SSSR count). The number of aliphatic imine (C=N–C) groups is 1. The number of para-hydroxylation sites is 3. The van der Waals surface area contributed by atoms with Crippen molar-refractivity contribution in [3.8, 4) is 17.6 Å². The average molecular weight is 320 g/mol. The van der Waals surface area contributed by atoms with Crippen molar-refractivity contribution in [3.05, 3.63) is 78.4 Å². The van der Waals surface area contributed by atoms with E-state index in [2.05, 4.69) is 11.6 Å². The van der Waals surface area contributed by atoms with Gasteiger partial charge in [0.1, 0.15) is 23.3 Å². The minimum absolute atomic E-state index is 0.125. The highest BCUT2D eigenvalue weighted by atomic mass is 16.5. The van der Waals surface area contributed by atoms with E-state index < -0.39 is 0 Å². The predicted molar refractivity (Wildman–Crippen MR) is 93.2 cm³/mol. The van der Waals surface area contributed by atoms with E-state index in [9.17, 15) is 0 Å². The molecule has 0 fully saturated rings. The van der Waals surface area contributed by atoms with E-state index in [1.807, 2.05) is 6.07 Å². The molecule has 0 aromatic heterocycles. The molecule has 0 aliphatic carbocycles. The highest BCUT2D eigenvalue weighted by Gasteiger charge is 2.07. The highest BCUT2D eigenvalue weighted by molar-refractivity contribution is 5.54. The van der Waals surface area contributed by atoms with Crippen LogP contribution in [-0.2, 0) is 0 Å². The maximum atomic E-state index is 9.10. The first kappa shape index (κ1) is 16.6. The zero-order chi connectivity index (χ0) is 17.4. The molecule has 0 bridgehead atoms. The Morgan fingerprint density at radius 1 is 1.08 bits per heavy atom. The largest absolute Gasteiger partial charge is 0.456 e. The summed E-state index contributed by atoms with van der Waals surface area (Å²) >= 11 is 0. The maximum Gasteiger partial charge on any atom is 0.224 e. The molecule has 24 heavy (non-hydrogen) atoms. The third-order valence-corrected chi connectivity index (χ3v) is 2.87. The molecule has 0 unspecified atom stereocenters. The molecule has 0 spiro atoms. The van der Waals surface area contributed by atoms with Crippen LogP contribution in [-0.4, -0.2) is 6.34 Å². The van der Waals surface area contributed by atoms with Crippen LogP contribution in [0.3, 0.4) is 0 Å². The third kappa shape index (κ3) is 4.39. The average Bonchev–Trinajstić information content (AvgIpc) is 2.57. The molecule has 0 saturated heterocycles. The van der Waals surface area contributed by atoms with Crippen LogP contribution < -0.4 is 20.9 Å². The maximum absolute atomic E-state index is 9.10. The van der Waals surface area contributed by atoms with E-state index >= 15 is 0 Å². The minimum atomic E-state index is 0.125. The van der Waals surface area contributed by atoms with Gasteiger partial charge >= 0.3 is 0 Å². The molecular formula is C18H16N4O2. The van der Waals surface area contributed by atoms with Crippen LogP contribution in [0.2, 0.25) is 0 Å². The number of rotatable bonds is 6. The Morgan fingerprint density at radius 3 is 2.42 bits per heavy atom. The monoisotopic (exact) mass is 320 g/mol. The number of hydrogen-bond acceptors (Lipinski definition) is 5. The second kappa shape index (κ2) is 8.06. The van der Waals surface area contributed by atoms with Crippen molar-refractivity contribution in [3.63, 3.8) is 0 Å². The van der Waals surface area contributed by atoms with Crippen molar-refractivity contribution in [1.29, 1.82) is 5.26 Å². The summed E-state index contributed by atoms with van der Waals surface area (Å²) < 4.78 is 11.2. The van der Waals surface area contributed by atoms with Crippen LogP contribution in [0, 0.1) is 11.3 Å². The molecule has 0 radical (unpaired) electrons. The van der Waals surface area contributed by atoms with E-state index in [0.29, 0.717) is 22.7 Å². The number of hydrogen-bond donors (Lipinski definition) is 2. The molecule has 6 nitrogen and oxygen atoms in total. The van der Waals surface area contributed by atoms with Gasteiger partial charge in [0.25, 0.3) is 0 Å². The SMILES string of the molecule is C=C(/C=C(\N=CN)Oc1ccccc1C#N)Oc1ccccc1N. The van der Waals surface area contributed by atoms with E-state index in [0.717, 1.165) is 6.34 Å². The fraction of sp³-hybridized carbons (Fsp3) is 0.